The predicted octanol–water partition coefficient (Wildman–Crippen LogP) is 2.50. The van der Waals surface area contributed by atoms with E-state index in [0.717, 1.165) is 11.2 Å². The van der Waals surface area contributed by atoms with Gasteiger partial charge in [0.25, 0.3) is 0 Å². The second-order valence-electron chi connectivity index (χ2n) is 3.06. The van der Waals surface area contributed by atoms with E-state index in [9.17, 15) is 0 Å². The Morgan fingerprint density at radius 1 is 1.33 bits per heavy atom. The summed E-state index contributed by atoms with van der Waals surface area (Å²) in [6.07, 6.45) is 8.25. The highest BCUT2D eigenvalue weighted by atomic mass is 32.2. The Hall–Kier alpha value is 0.350. The molecule has 51 valence electrons. The van der Waals surface area contributed by atoms with Crippen molar-refractivity contribution in [1.82, 2.24) is 0 Å². The van der Waals surface area contributed by atoms with E-state index >= 15 is 0 Å². The number of rotatable bonds is 0. The maximum absolute atomic E-state index is 2.47. The first-order valence-corrected chi connectivity index (χ1v) is 4.95. The number of hydrogen-bond donors (Lipinski definition) is 0. The summed E-state index contributed by atoms with van der Waals surface area (Å²) in [7, 11) is 0. The molecule has 2 fully saturated rings. The lowest BCUT2D eigenvalue weighted by molar-refractivity contribution is 0.427. The Kier molecular flexibility index (Phi) is 1.71. The van der Waals surface area contributed by atoms with Gasteiger partial charge in [-0.15, -0.1) is 0 Å². The Balaban J connectivity index is 1.97. The minimum atomic E-state index is 1.03. The lowest BCUT2D eigenvalue weighted by Crippen LogP contribution is -2.16. The molecule has 2 unspecified atom stereocenters. The summed E-state index contributed by atoms with van der Waals surface area (Å²) in [5, 5.41) is 1.03. The Morgan fingerprint density at radius 2 is 2.33 bits per heavy atom. The highest BCUT2D eigenvalue weighted by Gasteiger charge is 2.29. The zero-order chi connectivity index (χ0) is 6.10. The quantitative estimate of drug-likeness (QED) is 0.499. The normalized spacial score (nSPS) is 42.7. The van der Waals surface area contributed by atoms with Gasteiger partial charge in [0.1, 0.15) is 0 Å². The van der Waals surface area contributed by atoms with E-state index in [-0.39, 0.29) is 0 Å². The van der Waals surface area contributed by atoms with Gasteiger partial charge in [0.05, 0.1) is 0 Å². The molecule has 1 aliphatic heterocycles. The maximum atomic E-state index is 2.47. The van der Waals surface area contributed by atoms with Crippen LogP contribution in [-0.4, -0.2) is 11.0 Å². The van der Waals surface area contributed by atoms with Gasteiger partial charge in [0, 0.05) is 5.25 Å². The summed E-state index contributed by atoms with van der Waals surface area (Å²) in [5.41, 5.74) is 0. The maximum Gasteiger partial charge on any atom is 0.00783 e. The van der Waals surface area contributed by atoms with Crippen molar-refractivity contribution >= 4 is 11.8 Å². The van der Waals surface area contributed by atoms with Crippen LogP contribution in [0.25, 0.3) is 0 Å². The summed E-state index contributed by atoms with van der Waals surface area (Å²) in [6, 6.07) is 0. The van der Waals surface area contributed by atoms with Crippen LogP contribution in [0.3, 0.4) is 0 Å². The average molecular weight is 141 g/mol. The molecular formula is C8H13S. The molecule has 0 N–H and O–H groups in total. The Labute approximate surface area is 61.4 Å². The van der Waals surface area contributed by atoms with E-state index in [1.54, 1.807) is 0 Å². The second-order valence-corrected chi connectivity index (χ2v) is 4.41. The summed E-state index contributed by atoms with van der Waals surface area (Å²) < 4.78 is 0. The van der Waals surface area contributed by atoms with Crippen LogP contribution in [0.15, 0.2) is 0 Å². The topological polar surface area (TPSA) is 0 Å². The molecule has 0 spiro atoms. The second kappa shape index (κ2) is 2.53. The van der Waals surface area contributed by atoms with Crippen LogP contribution in [0, 0.1) is 12.3 Å². The van der Waals surface area contributed by atoms with E-state index in [4.69, 9.17) is 0 Å². The summed E-state index contributed by atoms with van der Waals surface area (Å²) in [4.78, 5) is 0. The molecule has 0 aromatic rings. The molecule has 9 heavy (non-hydrogen) atoms. The van der Waals surface area contributed by atoms with Crippen LogP contribution in [0.4, 0.5) is 0 Å². The lowest BCUT2D eigenvalue weighted by Gasteiger charge is -2.23. The molecule has 1 heterocycles. The molecule has 2 aliphatic rings. The SMILES string of the molecule is [CH]1CCC2CCSC2C1. The van der Waals surface area contributed by atoms with Crippen molar-refractivity contribution in [3.8, 4) is 0 Å². The van der Waals surface area contributed by atoms with Crippen LogP contribution < -0.4 is 0 Å². The van der Waals surface area contributed by atoms with Gasteiger partial charge in [0.2, 0.25) is 0 Å². The zero-order valence-corrected chi connectivity index (χ0v) is 6.49. The molecule has 1 aliphatic carbocycles. The molecule has 2 atom stereocenters. The highest BCUT2D eigenvalue weighted by Crippen LogP contribution is 2.41. The van der Waals surface area contributed by atoms with Gasteiger partial charge in [0.15, 0.2) is 0 Å². The predicted molar refractivity (Wildman–Crippen MR) is 42.5 cm³/mol. The molecule has 2 rings (SSSR count). The fourth-order valence-corrected chi connectivity index (χ4v) is 3.46. The van der Waals surface area contributed by atoms with Gasteiger partial charge in [-0.3, -0.25) is 0 Å². The monoisotopic (exact) mass is 141 g/mol. The minimum Gasteiger partial charge on any atom is -0.158 e. The first-order valence-electron chi connectivity index (χ1n) is 3.90. The molecule has 1 saturated carbocycles. The van der Waals surface area contributed by atoms with Crippen molar-refractivity contribution in [2.24, 2.45) is 5.92 Å². The van der Waals surface area contributed by atoms with Crippen LogP contribution in [-0.2, 0) is 0 Å². The zero-order valence-electron chi connectivity index (χ0n) is 5.68. The van der Waals surface area contributed by atoms with Crippen LogP contribution in [0.2, 0.25) is 0 Å². The molecule has 0 nitrogen and oxygen atoms in total. The molecular weight excluding hydrogens is 128 g/mol. The van der Waals surface area contributed by atoms with Gasteiger partial charge in [-0.1, -0.05) is 0 Å². The first kappa shape index (κ1) is 6.09. The molecule has 0 amide bonds. The van der Waals surface area contributed by atoms with E-state index in [1.807, 2.05) is 0 Å². The Bertz CT molecular complexity index is 88.7. The van der Waals surface area contributed by atoms with Crippen LogP contribution in [0.1, 0.15) is 25.7 Å². The average Bonchev–Trinajstić information content (AvgIpc) is 2.33. The number of hydrogen-bond acceptors (Lipinski definition) is 1. The van der Waals surface area contributed by atoms with Crippen molar-refractivity contribution in [1.29, 1.82) is 0 Å². The van der Waals surface area contributed by atoms with E-state index in [1.165, 1.54) is 31.4 Å². The standard InChI is InChI=1S/C8H13S/c1-2-4-8-7(3-1)5-6-9-8/h2,7-8H,1,3-6H2. The van der Waals surface area contributed by atoms with Gasteiger partial charge in [-0.25, -0.2) is 0 Å². The number of fused-ring (bicyclic) bond motifs is 1. The minimum absolute atomic E-state index is 1.03. The molecule has 1 saturated heterocycles. The van der Waals surface area contributed by atoms with E-state index < -0.39 is 0 Å². The summed E-state index contributed by atoms with van der Waals surface area (Å²) in [5.74, 6) is 2.53. The Morgan fingerprint density at radius 3 is 3.22 bits per heavy atom. The fourth-order valence-electron chi connectivity index (χ4n) is 1.90. The summed E-state index contributed by atoms with van der Waals surface area (Å²) in [6.45, 7) is 0. The third-order valence-corrected chi connectivity index (χ3v) is 3.96. The fraction of sp³-hybridized carbons (Fsp3) is 0.875. The van der Waals surface area contributed by atoms with Gasteiger partial charge in [-0.2, -0.15) is 11.8 Å². The molecule has 1 heteroatoms. The van der Waals surface area contributed by atoms with Crippen molar-refractivity contribution < 1.29 is 0 Å². The van der Waals surface area contributed by atoms with E-state index in [0.29, 0.717) is 0 Å². The smallest absolute Gasteiger partial charge is 0.00783 e. The van der Waals surface area contributed by atoms with Crippen molar-refractivity contribution in [2.45, 2.75) is 30.9 Å². The van der Waals surface area contributed by atoms with Gasteiger partial charge < -0.3 is 0 Å². The van der Waals surface area contributed by atoms with Crippen molar-refractivity contribution in [3.05, 3.63) is 6.42 Å². The summed E-state index contributed by atoms with van der Waals surface area (Å²) >= 11 is 2.20. The van der Waals surface area contributed by atoms with E-state index in [2.05, 4.69) is 18.2 Å². The molecule has 0 aromatic carbocycles. The first-order chi connectivity index (χ1) is 4.47. The van der Waals surface area contributed by atoms with Crippen molar-refractivity contribution in [3.63, 3.8) is 0 Å². The van der Waals surface area contributed by atoms with Gasteiger partial charge in [-0.05, 0) is 43.8 Å². The molecule has 0 bridgehead atoms. The highest BCUT2D eigenvalue weighted by molar-refractivity contribution is 8.00. The van der Waals surface area contributed by atoms with Crippen molar-refractivity contribution in [2.75, 3.05) is 5.75 Å². The third-order valence-electron chi connectivity index (χ3n) is 2.49. The number of thioether (sulfide) groups is 1. The van der Waals surface area contributed by atoms with Crippen LogP contribution >= 0.6 is 11.8 Å². The van der Waals surface area contributed by atoms with Gasteiger partial charge >= 0.3 is 0 Å². The molecule has 0 aromatic heterocycles. The lowest BCUT2D eigenvalue weighted by atomic mass is 9.87. The largest absolute Gasteiger partial charge is 0.158 e. The third kappa shape index (κ3) is 1.12. The van der Waals surface area contributed by atoms with Crippen LogP contribution in [0.5, 0.6) is 0 Å². The molecule has 1 radical (unpaired) electrons.